The van der Waals surface area contributed by atoms with E-state index in [0.29, 0.717) is 5.41 Å². The lowest BCUT2D eigenvalue weighted by atomic mass is 10.0. The minimum Gasteiger partial charge on any atom is -0.453 e. The molecule has 3 nitrogen and oxygen atoms in total. The highest BCUT2D eigenvalue weighted by Crippen LogP contribution is 2.09. The number of piperidine rings is 1. The molecular weight excluding hydrogens is 190 g/mol. The standard InChI is InChI=1S/C7H13NO2.C5H12/c1-10-7(9)8-5-3-2-4-6-8;1-5(2,3)4/h2-6H2,1H3;1-4H3. The van der Waals surface area contributed by atoms with Crippen LogP contribution in [0.15, 0.2) is 0 Å². The lowest BCUT2D eigenvalue weighted by Crippen LogP contribution is -2.35. The molecule has 90 valence electrons. The summed E-state index contributed by atoms with van der Waals surface area (Å²) in [6, 6.07) is 0. The topological polar surface area (TPSA) is 29.5 Å². The van der Waals surface area contributed by atoms with E-state index in [1.54, 1.807) is 4.90 Å². The maximum Gasteiger partial charge on any atom is 0.409 e. The summed E-state index contributed by atoms with van der Waals surface area (Å²) < 4.78 is 4.58. The number of carbonyl (C=O) groups excluding carboxylic acids is 1. The average Bonchev–Trinajstić information content (AvgIpc) is 2.15. The van der Waals surface area contributed by atoms with Gasteiger partial charge in [0.15, 0.2) is 0 Å². The SMILES string of the molecule is CC(C)(C)C.COC(=O)N1CCCCC1. The normalized spacial score (nSPS) is 16.5. The molecule has 3 heteroatoms. The van der Waals surface area contributed by atoms with Crippen LogP contribution in [-0.4, -0.2) is 31.2 Å². The van der Waals surface area contributed by atoms with Crippen LogP contribution >= 0.6 is 0 Å². The van der Waals surface area contributed by atoms with E-state index in [1.807, 2.05) is 0 Å². The highest BCUT2D eigenvalue weighted by molar-refractivity contribution is 5.67. The van der Waals surface area contributed by atoms with E-state index in [-0.39, 0.29) is 6.09 Å². The fourth-order valence-corrected chi connectivity index (χ4v) is 1.21. The molecule has 0 atom stereocenters. The molecule has 0 saturated carbocycles. The molecule has 0 aromatic rings. The summed E-state index contributed by atoms with van der Waals surface area (Å²) in [6.45, 7) is 10.5. The van der Waals surface area contributed by atoms with Gasteiger partial charge in [0.25, 0.3) is 0 Å². The Morgan fingerprint density at radius 2 is 1.47 bits per heavy atom. The molecule has 0 aromatic carbocycles. The number of rotatable bonds is 0. The van der Waals surface area contributed by atoms with Gasteiger partial charge in [0.1, 0.15) is 0 Å². The van der Waals surface area contributed by atoms with Crippen LogP contribution in [0.3, 0.4) is 0 Å². The summed E-state index contributed by atoms with van der Waals surface area (Å²) in [5, 5.41) is 0. The predicted octanol–water partition coefficient (Wildman–Crippen LogP) is 3.29. The number of methoxy groups -OCH3 is 1. The van der Waals surface area contributed by atoms with Crippen molar-refractivity contribution >= 4 is 6.09 Å². The summed E-state index contributed by atoms with van der Waals surface area (Å²) in [7, 11) is 1.43. The molecule has 1 saturated heterocycles. The smallest absolute Gasteiger partial charge is 0.409 e. The Morgan fingerprint density at radius 1 is 1.07 bits per heavy atom. The second-order valence-electron chi connectivity index (χ2n) is 5.52. The third-order valence-electron chi connectivity index (χ3n) is 1.79. The second kappa shape index (κ2) is 6.70. The highest BCUT2D eigenvalue weighted by Gasteiger charge is 2.15. The molecule has 1 aliphatic heterocycles. The Labute approximate surface area is 93.8 Å². The Bertz CT molecular complexity index is 173. The van der Waals surface area contributed by atoms with Crippen LogP contribution in [-0.2, 0) is 4.74 Å². The first-order valence-corrected chi connectivity index (χ1v) is 5.67. The molecule has 0 bridgehead atoms. The Hall–Kier alpha value is -0.730. The van der Waals surface area contributed by atoms with Crippen molar-refractivity contribution in [1.82, 2.24) is 4.90 Å². The van der Waals surface area contributed by atoms with Crippen molar-refractivity contribution in [1.29, 1.82) is 0 Å². The molecule has 0 spiro atoms. The fraction of sp³-hybridized carbons (Fsp3) is 0.917. The van der Waals surface area contributed by atoms with Gasteiger partial charge >= 0.3 is 6.09 Å². The summed E-state index contributed by atoms with van der Waals surface area (Å²) >= 11 is 0. The fourth-order valence-electron chi connectivity index (χ4n) is 1.21. The van der Waals surface area contributed by atoms with Gasteiger partial charge in [0.05, 0.1) is 7.11 Å². The van der Waals surface area contributed by atoms with Crippen LogP contribution in [0, 0.1) is 5.41 Å². The molecule has 0 N–H and O–H groups in total. The summed E-state index contributed by atoms with van der Waals surface area (Å²) in [4.78, 5) is 12.6. The van der Waals surface area contributed by atoms with E-state index in [9.17, 15) is 4.79 Å². The van der Waals surface area contributed by atoms with Crippen LogP contribution in [0.25, 0.3) is 0 Å². The monoisotopic (exact) mass is 215 g/mol. The number of hydrogen-bond acceptors (Lipinski definition) is 2. The molecule has 15 heavy (non-hydrogen) atoms. The number of hydrogen-bond donors (Lipinski definition) is 0. The van der Waals surface area contributed by atoms with Crippen molar-refractivity contribution in [3.8, 4) is 0 Å². The molecule has 1 amide bonds. The minimum atomic E-state index is -0.181. The minimum absolute atomic E-state index is 0.181. The number of ether oxygens (including phenoxy) is 1. The van der Waals surface area contributed by atoms with Crippen LogP contribution in [0.5, 0.6) is 0 Å². The second-order valence-corrected chi connectivity index (χ2v) is 5.52. The van der Waals surface area contributed by atoms with Gasteiger partial charge in [-0.3, -0.25) is 0 Å². The first-order valence-electron chi connectivity index (χ1n) is 5.67. The molecule has 1 aliphatic rings. The molecule has 1 rings (SSSR count). The molecule has 1 heterocycles. The van der Waals surface area contributed by atoms with Gasteiger partial charge in [0, 0.05) is 13.1 Å². The van der Waals surface area contributed by atoms with E-state index in [4.69, 9.17) is 0 Å². The zero-order chi connectivity index (χ0) is 11.9. The zero-order valence-electron chi connectivity index (χ0n) is 10.8. The molecule has 0 aliphatic carbocycles. The maximum atomic E-state index is 10.9. The van der Waals surface area contributed by atoms with Gasteiger partial charge in [-0.05, 0) is 24.7 Å². The van der Waals surface area contributed by atoms with Gasteiger partial charge < -0.3 is 9.64 Å². The van der Waals surface area contributed by atoms with Crippen molar-refractivity contribution in [2.75, 3.05) is 20.2 Å². The molecule has 0 radical (unpaired) electrons. The van der Waals surface area contributed by atoms with Crippen LogP contribution < -0.4 is 0 Å². The van der Waals surface area contributed by atoms with Crippen molar-refractivity contribution in [3.63, 3.8) is 0 Å². The van der Waals surface area contributed by atoms with E-state index in [2.05, 4.69) is 32.4 Å². The van der Waals surface area contributed by atoms with E-state index in [0.717, 1.165) is 25.9 Å². The van der Waals surface area contributed by atoms with Crippen molar-refractivity contribution in [2.45, 2.75) is 47.0 Å². The molecule has 0 unspecified atom stereocenters. The van der Waals surface area contributed by atoms with Crippen molar-refractivity contribution in [2.24, 2.45) is 5.41 Å². The van der Waals surface area contributed by atoms with Gasteiger partial charge in [-0.1, -0.05) is 27.7 Å². The van der Waals surface area contributed by atoms with E-state index in [1.165, 1.54) is 13.5 Å². The quantitative estimate of drug-likeness (QED) is 0.620. The summed E-state index contributed by atoms with van der Waals surface area (Å²) in [5.74, 6) is 0. The Morgan fingerprint density at radius 3 is 1.80 bits per heavy atom. The number of likely N-dealkylation sites (tertiary alicyclic amines) is 1. The third-order valence-corrected chi connectivity index (χ3v) is 1.79. The first kappa shape index (κ1) is 14.3. The van der Waals surface area contributed by atoms with Crippen LogP contribution in [0.4, 0.5) is 4.79 Å². The predicted molar refractivity (Wildman–Crippen MR) is 63.0 cm³/mol. The van der Waals surface area contributed by atoms with Crippen molar-refractivity contribution in [3.05, 3.63) is 0 Å². The lowest BCUT2D eigenvalue weighted by molar-refractivity contribution is 0.115. The zero-order valence-corrected chi connectivity index (χ0v) is 10.8. The van der Waals surface area contributed by atoms with Gasteiger partial charge in [-0.15, -0.1) is 0 Å². The van der Waals surface area contributed by atoms with E-state index < -0.39 is 0 Å². The first-order chi connectivity index (χ1) is 6.84. The molecule has 1 fully saturated rings. The lowest BCUT2D eigenvalue weighted by Gasteiger charge is -2.24. The highest BCUT2D eigenvalue weighted by atomic mass is 16.5. The van der Waals surface area contributed by atoms with Gasteiger partial charge in [-0.2, -0.15) is 0 Å². The number of carbonyl (C=O) groups is 1. The molecular formula is C12H25NO2. The number of nitrogens with zero attached hydrogens (tertiary/aromatic N) is 1. The third kappa shape index (κ3) is 9.57. The maximum absolute atomic E-state index is 10.9. The Balaban J connectivity index is 0.000000336. The Kier molecular flexibility index (Phi) is 6.37. The summed E-state index contributed by atoms with van der Waals surface area (Å²) in [5.41, 5.74) is 0.500. The average molecular weight is 215 g/mol. The van der Waals surface area contributed by atoms with Crippen LogP contribution in [0.1, 0.15) is 47.0 Å². The van der Waals surface area contributed by atoms with E-state index >= 15 is 0 Å². The number of amides is 1. The van der Waals surface area contributed by atoms with Crippen molar-refractivity contribution < 1.29 is 9.53 Å². The van der Waals surface area contributed by atoms with Gasteiger partial charge in [-0.25, -0.2) is 4.79 Å². The van der Waals surface area contributed by atoms with Crippen LogP contribution in [0.2, 0.25) is 0 Å². The molecule has 0 aromatic heterocycles. The largest absolute Gasteiger partial charge is 0.453 e. The van der Waals surface area contributed by atoms with Gasteiger partial charge in [0.2, 0.25) is 0 Å². The summed E-state index contributed by atoms with van der Waals surface area (Å²) in [6.07, 6.45) is 3.30.